The first kappa shape index (κ1) is 26.2. The smallest absolute Gasteiger partial charge is 0.269 e. The number of non-ortho nitro benzene ring substituents is 1. The summed E-state index contributed by atoms with van der Waals surface area (Å²) in [4.78, 5) is 29.1. The first-order valence-corrected chi connectivity index (χ1v) is 12.2. The Morgan fingerprint density at radius 2 is 1.65 bits per heavy atom. The van der Waals surface area contributed by atoms with E-state index in [1.807, 2.05) is 18.2 Å². The van der Waals surface area contributed by atoms with Gasteiger partial charge in [-0.05, 0) is 48.9 Å². The predicted octanol–water partition coefficient (Wildman–Crippen LogP) is 4.81. The number of carbonyl (C=O) groups is 1. The summed E-state index contributed by atoms with van der Waals surface area (Å²) in [5.74, 6) is 1.67. The second-order valence-electron chi connectivity index (χ2n) is 8.85. The van der Waals surface area contributed by atoms with Gasteiger partial charge in [-0.1, -0.05) is 18.2 Å². The van der Waals surface area contributed by atoms with Crippen LogP contribution in [0.15, 0.2) is 78.0 Å². The van der Waals surface area contributed by atoms with E-state index in [2.05, 4.69) is 10.6 Å². The van der Waals surface area contributed by atoms with E-state index in [1.54, 1.807) is 48.0 Å². The third-order valence-electron chi connectivity index (χ3n) is 6.47. The number of allylic oxidation sites excluding steroid dienone is 1. The number of nitro benzene ring substituents is 1. The van der Waals surface area contributed by atoms with Crippen LogP contribution < -0.4 is 24.8 Å². The number of methoxy groups -OCH3 is 3. The third kappa shape index (κ3) is 4.77. The topological polar surface area (TPSA) is 143 Å². The van der Waals surface area contributed by atoms with E-state index in [9.17, 15) is 14.9 Å². The lowest BCUT2D eigenvalue weighted by Gasteiger charge is -2.28. The SMILES string of the molecule is COc1cc(-c2nc3n(n2)C(c2ccc([N+](=O)[O-])cc2)C(C(=O)Nc2ccccc2)=C(C)N3)cc(OC)c1OC. The first-order chi connectivity index (χ1) is 19.3. The molecule has 0 radical (unpaired) electrons. The summed E-state index contributed by atoms with van der Waals surface area (Å²) < 4.78 is 18.0. The molecule has 0 saturated carbocycles. The second kappa shape index (κ2) is 10.8. The molecule has 1 amide bonds. The zero-order valence-electron chi connectivity index (χ0n) is 22.2. The highest BCUT2D eigenvalue weighted by Gasteiger charge is 2.35. The van der Waals surface area contributed by atoms with Crippen LogP contribution in [0.4, 0.5) is 17.3 Å². The molecule has 12 heteroatoms. The van der Waals surface area contributed by atoms with Gasteiger partial charge in [0, 0.05) is 29.1 Å². The minimum atomic E-state index is -0.732. The summed E-state index contributed by atoms with van der Waals surface area (Å²) in [7, 11) is 4.55. The van der Waals surface area contributed by atoms with Crippen molar-refractivity contribution in [3.05, 3.63) is 93.7 Å². The average molecular weight is 543 g/mol. The molecule has 3 aromatic carbocycles. The van der Waals surface area contributed by atoms with Gasteiger partial charge in [0.1, 0.15) is 6.04 Å². The summed E-state index contributed by atoms with van der Waals surface area (Å²) in [5, 5.41) is 22.2. The molecule has 1 aromatic heterocycles. The quantitative estimate of drug-likeness (QED) is 0.237. The van der Waals surface area contributed by atoms with Crippen molar-refractivity contribution in [2.45, 2.75) is 13.0 Å². The lowest BCUT2D eigenvalue weighted by Crippen LogP contribution is -2.31. The molecule has 0 bridgehead atoms. The molecule has 5 rings (SSSR count). The Labute approximate surface area is 229 Å². The lowest BCUT2D eigenvalue weighted by atomic mass is 9.95. The largest absolute Gasteiger partial charge is 0.493 e. The van der Waals surface area contributed by atoms with Crippen LogP contribution >= 0.6 is 0 Å². The molecule has 4 aromatic rings. The summed E-state index contributed by atoms with van der Waals surface area (Å²) in [5.41, 5.74) is 2.71. The van der Waals surface area contributed by atoms with Crippen LogP contribution in [-0.4, -0.2) is 46.9 Å². The molecule has 0 fully saturated rings. The maximum Gasteiger partial charge on any atom is 0.269 e. The molecular formula is C28H26N6O6. The predicted molar refractivity (Wildman–Crippen MR) is 148 cm³/mol. The Bertz CT molecular complexity index is 1590. The highest BCUT2D eigenvalue weighted by atomic mass is 16.6. The Morgan fingerprint density at radius 3 is 2.23 bits per heavy atom. The highest BCUT2D eigenvalue weighted by Crippen LogP contribution is 2.42. The summed E-state index contributed by atoms with van der Waals surface area (Å²) in [6.07, 6.45) is 0. The van der Waals surface area contributed by atoms with Crippen LogP contribution in [0, 0.1) is 10.1 Å². The van der Waals surface area contributed by atoms with Gasteiger partial charge in [-0.25, -0.2) is 4.68 Å². The van der Waals surface area contributed by atoms with E-state index in [0.717, 1.165) is 0 Å². The minimum Gasteiger partial charge on any atom is -0.493 e. The number of para-hydroxylation sites is 1. The molecule has 2 N–H and O–H groups in total. The number of nitro groups is 1. The van der Waals surface area contributed by atoms with Crippen molar-refractivity contribution < 1.29 is 23.9 Å². The Kier molecular flexibility index (Phi) is 7.06. The molecular weight excluding hydrogens is 516 g/mol. The maximum absolute atomic E-state index is 13.6. The number of hydrogen-bond acceptors (Lipinski definition) is 9. The summed E-state index contributed by atoms with van der Waals surface area (Å²) in [6, 6.07) is 17.8. The van der Waals surface area contributed by atoms with Crippen LogP contribution in [0.3, 0.4) is 0 Å². The molecule has 2 heterocycles. The van der Waals surface area contributed by atoms with Crippen molar-refractivity contribution >= 4 is 23.2 Å². The Balaban J connectivity index is 1.63. The van der Waals surface area contributed by atoms with Gasteiger partial charge in [0.25, 0.3) is 11.6 Å². The van der Waals surface area contributed by atoms with Gasteiger partial charge >= 0.3 is 0 Å². The van der Waals surface area contributed by atoms with Crippen LogP contribution in [0.5, 0.6) is 17.2 Å². The van der Waals surface area contributed by atoms with Crippen molar-refractivity contribution in [2.75, 3.05) is 32.0 Å². The van der Waals surface area contributed by atoms with Crippen molar-refractivity contribution in [1.29, 1.82) is 0 Å². The number of ether oxygens (including phenoxy) is 3. The Hall–Kier alpha value is -5.39. The van der Waals surface area contributed by atoms with Gasteiger partial charge in [0.05, 0.1) is 31.8 Å². The minimum absolute atomic E-state index is 0.0643. The van der Waals surface area contributed by atoms with Crippen LogP contribution in [0.25, 0.3) is 11.4 Å². The van der Waals surface area contributed by atoms with Crippen molar-refractivity contribution in [3.8, 4) is 28.6 Å². The number of nitrogens with zero attached hydrogens (tertiary/aromatic N) is 4. The van der Waals surface area contributed by atoms with E-state index in [-0.39, 0.29) is 11.6 Å². The molecule has 0 saturated heterocycles. The van der Waals surface area contributed by atoms with E-state index in [0.29, 0.717) is 57.1 Å². The van der Waals surface area contributed by atoms with E-state index in [4.69, 9.17) is 24.3 Å². The monoisotopic (exact) mass is 542 g/mol. The number of amides is 1. The molecule has 1 aliphatic heterocycles. The number of fused-ring (bicyclic) bond motifs is 1. The van der Waals surface area contributed by atoms with Gasteiger partial charge in [-0.2, -0.15) is 4.98 Å². The number of hydrogen-bond donors (Lipinski definition) is 2. The maximum atomic E-state index is 13.6. The molecule has 0 spiro atoms. The number of nitrogens with one attached hydrogen (secondary N) is 2. The van der Waals surface area contributed by atoms with Gasteiger partial charge in [-0.3, -0.25) is 14.9 Å². The number of anilines is 2. The zero-order valence-corrected chi connectivity index (χ0v) is 22.2. The second-order valence-corrected chi connectivity index (χ2v) is 8.85. The highest BCUT2D eigenvalue weighted by molar-refractivity contribution is 6.06. The van der Waals surface area contributed by atoms with Crippen LogP contribution in [0.2, 0.25) is 0 Å². The van der Waals surface area contributed by atoms with E-state index in [1.165, 1.54) is 33.5 Å². The molecule has 12 nitrogen and oxygen atoms in total. The number of aromatic nitrogens is 3. The fourth-order valence-corrected chi connectivity index (χ4v) is 4.58. The molecule has 0 aliphatic carbocycles. The number of carbonyl (C=O) groups excluding carboxylic acids is 1. The summed E-state index contributed by atoms with van der Waals surface area (Å²) in [6.45, 7) is 1.77. The van der Waals surface area contributed by atoms with E-state index < -0.39 is 11.0 Å². The number of benzene rings is 3. The van der Waals surface area contributed by atoms with Crippen LogP contribution in [0.1, 0.15) is 18.5 Å². The zero-order chi connectivity index (χ0) is 28.4. The van der Waals surface area contributed by atoms with Crippen molar-refractivity contribution in [2.24, 2.45) is 0 Å². The Morgan fingerprint density at radius 1 is 1.00 bits per heavy atom. The lowest BCUT2D eigenvalue weighted by molar-refractivity contribution is -0.384. The molecule has 204 valence electrons. The molecule has 1 aliphatic rings. The van der Waals surface area contributed by atoms with Gasteiger partial charge in [0.2, 0.25) is 11.7 Å². The first-order valence-electron chi connectivity index (χ1n) is 12.2. The molecule has 1 unspecified atom stereocenters. The third-order valence-corrected chi connectivity index (χ3v) is 6.47. The standard InChI is InChI=1S/C28H26N6O6/c1-16-23(27(35)30-19-8-6-5-7-9-19)24(17-10-12-20(13-11-17)34(36)37)33-28(29-16)31-26(32-33)18-14-21(38-2)25(40-4)22(15-18)39-3/h5-15,24H,1-4H3,(H,30,35)(H,29,31,32). The number of rotatable bonds is 8. The normalized spacial score (nSPS) is 14.2. The van der Waals surface area contributed by atoms with Gasteiger partial charge in [0.15, 0.2) is 17.3 Å². The molecule has 1 atom stereocenters. The van der Waals surface area contributed by atoms with Gasteiger partial charge in [-0.15, -0.1) is 5.10 Å². The fourth-order valence-electron chi connectivity index (χ4n) is 4.58. The average Bonchev–Trinajstić information content (AvgIpc) is 3.39. The van der Waals surface area contributed by atoms with Crippen molar-refractivity contribution in [3.63, 3.8) is 0 Å². The van der Waals surface area contributed by atoms with Crippen LogP contribution in [-0.2, 0) is 4.79 Å². The van der Waals surface area contributed by atoms with Crippen molar-refractivity contribution in [1.82, 2.24) is 14.8 Å². The summed E-state index contributed by atoms with van der Waals surface area (Å²) >= 11 is 0. The molecule has 40 heavy (non-hydrogen) atoms. The fraction of sp³-hybridized carbons (Fsp3) is 0.179. The van der Waals surface area contributed by atoms with Gasteiger partial charge < -0.3 is 24.8 Å². The van der Waals surface area contributed by atoms with E-state index >= 15 is 0 Å².